The average molecular weight is 546 g/mol. The third-order valence-electron chi connectivity index (χ3n) is 4.27. The molecule has 8 nitrogen and oxygen atoms in total. The van der Waals surface area contributed by atoms with E-state index >= 15 is 0 Å². The van der Waals surface area contributed by atoms with Crippen LogP contribution in [0.15, 0.2) is 35.3 Å². The van der Waals surface area contributed by atoms with Crippen LogP contribution in [-0.2, 0) is 9.59 Å². The Morgan fingerprint density at radius 2 is 1.65 bits per heavy atom. The lowest BCUT2D eigenvalue weighted by Crippen LogP contribution is -2.49. The number of nitrogens with one attached hydrogen (secondary N) is 2. The summed E-state index contributed by atoms with van der Waals surface area (Å²) < 4.78 is 0. The molecule has 0 bridgehead atoms. The van der Waals surface area contributed by atoms with E-state index in [1.165, 1.54) is 10.6 Å². The third-order valence-corrected chi connectivity index (χ3v) is 4.27. The Morgan fingerprint density at radius 3 is 2.19 bits per heavy atom. The molecule has 9 heteroatoms. The van der Waals surface area contributed by atoms with Crippen molar-refractivity contribution in [1.82, 2.24) is 20.4 Å². The number of benzene rings is 1. The molecule has 0 saturated carbocycles. The van der Waals surface area contributed by atoms with Crippen molar-refractivity contribution in [1.29, 1.82) is 0 Å². The second-order valence-corrected chi connectivity index (χ2v) is 8.62. The van der Waals surface area contributed by atoms with E-state index in [1.807, 2.05) is 39.0 Å². The Kier molecular flexibility index (Phi) is 13.2. The summed E-state index contributed by atoms with van der Waals surface area (Å²) in [6, 6.07) is 10.2. The van der Waals surface area contributed by atoms with Crippen LogP contribution < -0.4 is 15.5 Å². The zero-order valence-electron chi connectivity index (χ0n) is 19.9. The summed E-state index contributed by atoms with van der Waals surface area (Å²) in [5, 5.41) is 6.23. The molecule has 0 aliphatic heterocycles. The van der Waals surface area contributed by atoms with Crippen LogP contribution in [-0.4, -0.2) is 87.5 Å². The second kappa shape index (κ2) is 14.1. The number of carbonyl (C=O) groups is 2. The summed E-state index contributed by atoms with van der Waals surface area (Å²) in [4.78, 5) is 34.1. The molecule has 1 rings (SSSR count). The van der Waals surface area contributed by atoms with Gasteiger partial charge in [0.2, 0.25) is 11.8 Å². The summed E-state index contributed by atoms with van der Waals surface area (Å²) in [5.41, 5.74) is 0.866. The molecule has 1 aromatic carbocycles. The molecule has 31 heavy (non-hydrogen) atoms. The monoisotopic (exact) mass is 546 g/mol. The highest BCUT2D eigenvalue weighted by Crippen LogP contribution is 2.10. The van der Waals surface area contributed by atoms with Gasteiger partial charge in [-0.1, -0.05) is 18.2 Å². The topological polar surface area (TPSA) is 80.3 Å². The molecular weight excluding hydrogens is 507 g/mol. The minimum atomic E-state index is -0.300. The van der Waals surface area contributed by atoms with Gasteiger partial charge in [0, 0.05) is 52.5 Å². The van der Waals surface area contributed by atoms with Gasteiger partial charge in [0.1, 0.15) is 6.54 Å². The molecule has 0 unspecified atom stereocenters. The maximum atomic E-state index is 12.3. The molecule has 0 heterocycles. The van der Waals surface area contributed by atoms with Crippen molar-refractivity contribution in [2.45, 2.75) is 32.7 Å². The van der Waals surface area contributed by atoms with Crippen molar-refractivity contribution in [3.63, 3.8) is 0 Å². The Hall–Kier alpha value is -2.04. The fourth-order valence-electron chi connectivity index (χ4n) is 2.67. The number of nitrogens with zero attached hydrogens (tertiary/aromatic N) is 4. The Bertz CT molecular complexity index is 704. The predicted octanol–water partition coefficient (Wildman–Crippen LogP) is 2.01. The van der Waals surface area contributed by atoms with Crippen molar-refractivity contribution in [3.05, 3.63) is 30.3 Å². The van der Waals surface area contributed by atoms with E-state index in [1.54, 1.807) is 26.0 Å². The summed E-state index contributed by atoms with van der Waals surface area (Å²) in [5.74, 6) is 0.351. The maximum absolute atomic E-state index is 12.3. The van der Waals surface area contributed by atoms with Crippen LogP contribution in [0.3, 0.4) is 0 Å². The molecule has 0 saturated heterocycles. The fourth-order valence-corrected chi connectivity index (χ4v) is 2.67. The molecule has 1 aromatic rings. The molecule has 176 valence electrons. The minimum absolute atomic E-state index is 0. The number of anilines is 1. The number of carbonyl (C=O) groups excluding carboxylic acids is 2. The first kappa shape index (κ1) is 29.0. The number of aliphatic imine (C=N–C) groups is 1. The lowest BCUT2D eigenvalue weighted by atomic mass is 10.1. The summed E-state index contributed by atoms with van der Waals surface area (Å²) >= 11 is 0. The van der Waals surface area contributed by atoms with E-state index in [2.05, 4.69) is 39.7 Å². The number of likely N-dealkylation sites (N-methyl/N-ethyl adjacent to an activating group) is 2. The molecule has 0 atom stereocenters. The standard InChI is InChI=1S/C22H38N6O2.HI/c1-22(2,3)25-19(29)17-28(7)21(24-16-20(30)26(4)5)23-14-11-15-27(6)18-12-9-8-10-13-18;/h8-10,12-13H,11,14-17H2,1-7H3,(H,23,24)(H,25,29);1H. The third kappa shape index (κ3) is 12.4. The molecule has 0 aliphatic carbocycles. The summed E-state index contributed by atoms with van der Waals surface area (Å²) in [6.07, 6.45) is 0.883. The van der Waals surface area contributed by atoms with Gasteiger partial charge in [0.25, 0.3) is 0 Å². The Labute approximate surface area is 204 Å². The van der Waals surface area contributed by atoms with Gasteiger partial charge in [-0.05, 0) is 39.3 Å². The van der Waals surface area contributed by atoms with Gasteiger partial charge in [-0.2, -0.15) is 0 Å². The first-order valence-corrected chi connectivity index (χ1v) is 10.3. The van der Waals surface area contributed by atoms with Crippen molar-refractivity contribution >= 4 is 47.4 Å². The molecular formula is C22H39IN6O2. The number of halogens is 1. The van der Waals surface area contributed by atoms with Crippen molar-refractivity contribution < 1.29 is 9.59 Å². The van der Waals surface area contributed by atoms with Crippen molar-refractivity contribution in [3.8, 4) is 0 Å². The van der Waals surface area contributed by atoms with Crippen LogP contribution in [0.1, 0.15) is 27.2 Å². The normalized spacial score (nSPS) is 11.3. The highest BCUT2D eigenvalue weighted by atomic mass is 127. The van der Waals surface area contributed by atoms with E-state index in [0.717, 1.165) is 13.0 Å². The van der Waals surface area contributed by atoms with E-state index in [-0.39, 0.29) is 54.4 Å². The van der Waals surface area contributed by atoms with Crippen LogP contribution >= 0.6 is 24.0 Å². The van der Waals surface area contributed by atoms with E-state index < -0.39 is 0 Å². The molecule has 2 N–H and O–H groups in total. The van der Waals surface area contributed by atoms with E-state index in [4.69, 9.17) is 0 Å². The molecule has 0 fully saturated rings. The molecule has 2 amide bonds. The van der Waals surface area contributed by atoms with Gasteiger partial charge in [-0.3, -0.25) is 9.59 Å². The van der Waals surface area contributed by atoms with Gasteiger partial charge < -0.3 is 25.3 Å². The second-order valence-electron chi connectivity index (χ2n) is 8.62. The van der Waals surface area contributed by atoms with Crippen molar-refractivity contribution in [2.75, 3.05) is 59.3 Å². The quantitative estimate of drug-likeness (QED) is 0.215. The molecule has 0 spiro atoms. The number of para-hydroxylation sites is 1. The van der Waals surface area contributed by atoms with Gasteiger partial charge in [-0.15, -0.1) is 24.0 Å². The Morgan fingerprint density at radius 1 is 1.03 bits per heavy atom. The number of rotatable bonds is 9. The van der Waals surface area contributed by atoms with Crippen LogP contribution in [0.4, 0.5) is 5.69 Å². The molecule has 0 radical (unpaired) electrons. The van der Waals surface area contributed by atoms with E-state index in [9.17, 15) is 9.59 Å². The Balaban J connectivity index is 0.00000900. The lowest BCUT2D eigenvalue weighted by molar-refractivity contribution is -0.127. The maximum Gasteiger partial charge on any atom is 0.243 e. The average Bonchev–Trinajstić information content (AvgIpc) is 2.65. The first-order valence-electron chi connectivity index (χ1n) is 10.3. The number of hydrogen-bond donors (Lipinski definition) is 2. The number of hydrogen-bond acceptors (Lipinski definition) is 4. The smallest absolute Gasteiger partial charge is 0.243 e. The van der Waals surface area contributed by atoms with Gasteiger partial charge in [0.05, 0.1) is 6.54 Å². The van der Waals surface area contributed by atoms with Crippen LogP contribution in [0.25, 0.3) is 0 Å². The number of amides is 2. The zero-order valence-corrected chi connectivity index (χ0v) is 22.3. The van der Waals surface area contributed by atoms with E-state index in [0.29, 0.717) is 12.5 Å². The number of guanidine groups is 1. The van der Waals surface area contributed by atoms with Gasteiger partial charge in [-0.25, -0.2) is 4.99 Å². The molecule has 0 aliphatic rings. The van der Waals surface area contributed by atoms with Gasteiger partial charge >= 0.3 is 0 Å². The first-order chi connectivity index (χ1) is 14.0. The lowest BCUT2D eigenvalue weighted by Gasteiger charge is -2.26. The summed E-state index contributed by atoms with van der Waals surface area (Å²) in [7, 11) is 7.25. The van der Waals surface area contributed by atoms with Crippen LogP contribution in [0.2, 0.25) is 0 Å². The molecule has 0 aromatic heterocycles. The SMILES string of the molecule is CN(C)C(=O)CN=C(NCCCN(C)c1ccccc1)N(C)CC(=O)NC(C)(C)C.I. The zero-order chi connectivity index (χ0) is 22.7. The van der Waals surface area contributed by atoms with Crippen LogP contribution in [0.5, 0.6) is 0 Å². The van der Waals surface area contributed by atoms with Crippen LogP contribution in [0, 0.1) is 0 Å². The predicted molar refractivity (Wildman–Crippen MR) is 139 cm³/mol. The minimum Gasteiger partial charge on any atom is -0.375 e. The highest BCUT2D eigenvalue weighted by molar-refractivity contribution is 14.0. The highest BCUT2D eigenvalue weighted by Gasteiger charge is 2.17. The fraction of sp³-hybridized carbons (Fsp3) is 0.591. The summed E-state index contributed by atoms with van der Waals surface area (Å²) in [6.45, 7) is 7.56. The largest absolute Gasteiger partial charge is 0.375 e. The van der Waals surface area contributed by atoms with Crippen molar-refractivity contribution in [2.24, 2.45) is 4.99 Å². The van der Waals surface area contributed by atoms with Gasteiger partial charge in [0.15, 0.2) is 5.96 Å².